The van der Waals surface area contributed by atoms with E-state index in [1.54, 1.807) is 6.07 Å². The average Bonchev–Trinajstić information content (AvgIpc) is 2.54. The smallest absolute Gasteiger partial charge is 0.163 e. The molecule has 5 heteroatoms. The molecule has 0 saturated carbocycles. The van der Waals surface area contributed by atoms with Gasteiger partial charge in [-0.3, -0.25) is 0 Å². The Balaban J connectivity index is 1.72. The van der Waals surface area contributed by atoms with Crippen molar-refractivity contribution >= 4 is 11.6 Å². The van der Waals surface area contributed by atoms with Crippen LogP contribution in [0.15, 0.2) is 36.4 Å². The zero-order valence-electron chi connectivity index (χ0n) is 12.0. The van der Waals surface area contributed by atoms with Crippen molar-refractivity contribution in [2.75, 3.05) is 30.8 Å². The highest BCUT2D eigenvalue weighted by Gasteiger charge is 2.14. The minimum Gasteiger partial charge on any atom is -0.384 e. The molecular formula is C16H20N4O. The zero-order chi connectivity index (χ0) is 14.5. The van der Waals surface area contributed by atoms with Crippen molar-refractivity contribution in [2.24, 2.45) is 5.92 Å². The summed E-state index contributed by atoms with van der Waals surface area (Å²) in [5.41, 5.74) is 6.87. The van der Waals surface area contributed by atoms with Crippen molar-refractivity contribution in [1.29, 1.82) is 0 Å². The Morgan fingerprint density at radius 2 is 1.90 bits per heavy atom. The molecule has 1 aliphatic heterocycles. The van der Waals surface area contributed by atoms with Gasteiger partial charge in [-0.05, 0) is 18.8 Å². The third kappa shape index (κ3) is 3.70. The van der Waals surface area contributed by atoms with Crippen LogP contribution in [0.25, 0.3) is 11.4 Å². The number of anilines is 2. The van der Waals surface area contributed by atoms with E-state index in [0.29, 0.717) is 17.6 Å². The van der Waals surface area contributed by atoms with Crippen LogP contribution in [-0.2, 0) is 4.74 Å². The lowest BCUT2D eigenvalue weighted by Gasteiger charge is -2.22. The molecule has 0 amide bonds. The summed E-state index contributed by atoms with van der Waals surface area (Å²) < 4.78 is 5.37. The number of benzene rings is 1. The molecule has 1 aromatic carbocycles. The molecule has 2 heterocycles. The third-order valence-corrected chi connectivity index (χ3v) is 3.69. The molecule has 0 atom stereocenters. The first-order valence-electron chi connectivity index (χ1n) is 7.33. The number of rotatable bonds is 4. The summed E-state index contributed by atoms with van der Waals surface area (Å²) >= 11 is 0. The number of hydrogen-bond acceptors (Lipinski definition) is 5. The van der Waals surface area contributed by atoms with Crippen LogP contribution in [-0.4, -0.2) is 29.7 Å². The molecule has 1 aliphatic rings. The van der Waals surface area contributed by atoms with E-state index in [0.717, 1.165) is 44.0 Å². The summed E-state index contributed by atoms with van der Waals surface area (Å²) in [5.74, 6) is 2.56. The Labute approximate surface area is 124 Å². The molecule has 1 aromatic heterocycles. The third-order valence-electron chi connectivity index (χ3n) is 3.69. The predicted molar refractivity (Wildman–Crippen MR) is 83.9 cm³/mol. The minimum atomic E-state index is 0.485. The predicted octanol–water partition coefficient (Wildman–Crippen LogP) is 2.56. The van der Waals surface area contributed by atoms with Gasteiger partial charge < -0.3 is 15.8 Å². The van der Waals surface area contributed by atoms with Gasteiger partial charge in [0.2, 0.25) is 0 Å². The summed E-state index contributed by atoms with van der Waals surface area (Å²) in [7, 11) is 0. The molecule has 3 rings (SSSR count). The lowest BCUT2D eigenvalue weighted by Crippen LogP contribution is -2.23. The number of aromatic nitrogens is 2. The summed E-state index contributed by atoms with van der Waals surface area (Å²) in [4.78, 5) is 8.86. The van der Waals surface area contributed by atoms with E-state index >= 15 is 0 Å². The number of nitrogens with one attached hydrogen (secondary N) is 1. The summed E-state index contributed by atoms with van der Waals surface area (Å²) in [6, 6.07) is 11.7. The van der Waals surface area contributed by atoms with Crippen LogP contribution in [0.3, 0.4) is 0 Å². The summed E-state index contributed by atoms with van der Waals surface area (Å²) in [5, 5.41) is 3.38. The lowest BCUT2D eigenvalue weighted by molar-refractivity contribution is 0.0699. The Morgan fingerprint density at radius 1 is 1.14 bits per heavy atom. The maximum Gasteiger partial charge on any atom is 0.163 e. The highest BCUT2D eigenvalue weighted by atomic mass is 16.5. The van der Waals surface area contributed by atoms with Crippen LogP contribution in [0.5, 0.6) is 0 Å². The minimum absolute atomic E-state index is 0.485. The highest BCUT2D eigenvalue weighted by Crippen LogP contribution is 2.20. The number of hydrogen-bond donors (Lipinski definition) is 2. The van der Waals surface area contributed by atoms with Crippen LogP contribution in [0.4, 0.5) is 11.6 Å². The molecule has 110 valence electrons. The van der Waals surface area contributed by atoms with Crippen molar-refractivity contribution in [2.45, 2.75) is 12.8 Å². The molecule has 0 spiro atoms. The van der Waals surface area contributed by atoms with Gasteiger partial charge in [-0.15, -0.1) is 0 Å². The van der Waals surface area contributed by atoms with Crippen LogP contribution < -0.4 is 11.1 Å². The molecule has 0 radical (unpaired) electrons. The Hall–Kier alpha value is -2.14. The van der Waals surface area contributed by atoms with Gasteiger partial charge >= 0.3 is 0 Å². The largest absolute Gasteiger partial charge is 0.384 e. The van der Waals surface area contributed by atoms with Crippen LogP contribution in [0.2, 0.25) is 0 Å². The van der Waals surface area contributed by atoms with E-state index in [4.69, 9.17) is 10.5 Å². The van der Waals surface area contributed by atoms with Gasteiger partial charge in [0.25, 0.3) is 0 Å². The van der Waals surface area contributed by atoms with Crippen molar-refractivity contribution in [1.82, 2.24) is 9.97 Å². The van der Waals surface area contributed by atoms with Crippen molar-refractivity contribution in [3.05, 3.63) is 36.4 Å². The fourth-order valence-electron chi connectivity index (χ4n) is 2.47. The molecule has 1 saturated heterocycles. The number of nitrogens with zero attached hydrogens (tertiary/aromatic N) is 2. The molecule has 0 bridgehead atoms. The Bertz CT molecular complexity index is 582. The van der Waals surface area contributed by atoms with Gasteiger partial charge in [0.05, 0.1) is 0 Å². The second-order valence-electron chi connectivity index (χ2n) is 5.30. The van der Waals surface area contributed by atoms with E-state index in [2.05, 4.69) is 15.3 Å². The van der Waals surface area contributed by atoms with Gasteiger partial charge in [-0.1, -0.05) is 30.3 Å². The van der Waals surface area contributed by atoms with Gasteiger partial charge in [-0.25, -0.2) is 9.97 Å². The first-order valence-corrected chi connectivity index (χ1v) is 7.33. The Morgan fingerprint density at radius 3 is 2.67 bits per heavy atom. The molecule has 1 fully saturated rings. The molecule has 0 unspecified atom stereocenters. The molecule has 3 N–H and O–H groups in total. The molecular weight excluding hydrogens is 264 g/mol. The molecule has 5 nitrogen and oxygen atoms in total. The van der Waals surface area contributed by atoms with Gasteiger partial charge in [-0.2, -0.15) is 0 Å². The van der Waals surface area contributed by atoms with Crippen molar-refractivity contribution in [3.63, 3.8) is 0 Å². The van der Waals surface area contributed by atoms with Crippen LogP contribution in [0, 0.1) is 5.92 Å². The standard InChI is InChI=1S/C16H20N4O/c17-14-10-15(18-11-12-6-8-21-9-7-12)20-16(19-14)13-4-2-1-3-5-13/h1-5,10,12H,6-9,11H2,(H3,17,18,19,20). The number of ether oxygens (including phenoxy) is 1. The lowest BCUT2D eigenvalue weighted by atomic mass is 10.0. The number of nitrogens with two attached hydrogens (primary N) is 1. The van der Waals surface area contributed by atoms with E-state index in [1.807, 2.05) is 30.3 Å². The second kappa shape index (κ2) is 6.54. The highest BCUT2D eigenvalue weighted by molar-refractivity contribution is 5.60. The molecule has 0 aliphatic carbocycles. The first-order chi connectivity index (χ1) is 10.3. The second-order valence-corrected chi connectivity index (χ2v) is 5.30. The average molecular weight is 284 g/mol. The van der Waals surface area contributed by atoms with Crippen LogP contribution >= 0.6 is 0 Å². The maximum absolute atomic E-state index is 5.89. The van der Waals surface area contributed by atoms with Gasteiger partial charge in [0.1, 0.15) is 11.6 Å². The molecule has 2 aromatic rings. The van der Waals surface area contributed by atoms with E-state index in [1.165, 1.54) is 0 Å². The topological polar surface area (TPSA) is 73.1 Å². The molecule has 21 heavy (non-hydrogen) atoms. The van der Waals surface area contributed by atoms with E-state index < -0.39 is 0 Å². The Kier molecular flexibility index (Phi) is 4.31. The van der Waals surface area contributed by atoms with E-state index in [-0.39, 0.29) is 0 Å². The van der Waals surface area contributed by atoms with Gasteiger partial charge in [0, 0.05) is 31.4 Å². The monoisotopic (exact) mass is 284 g/mol. The van der Waals surface area contributed by atoms with Crippen molar-refractivity contribution in [3.8, 4) is 11.4 Å². The quantitative estimate of drug-likeness (QED) is 0.902. The SMILES string of the molecule is Nc1cc(NCC2CCOCC2)nc(-c2ccccc2)n1. The summed E-state index contributed by atoms with van der Waals surface area (Å²) in [6.07, 6.45) is 2.19. The first kappa shape index (κ1) is 13.8. The van der Waals surface area contributed by atoms with E-state index in [9.17, 15) is 0 Å². The van der Waals surface area contributed by atoms with Crippen LogP contribution in [0.1, 0.15) is 12.8 Å². The normalized spacial score (nSPS) is 15.8. The summed E-state index contributed by atoms with van der Waals surface area (Å²) in [6.45, 7) is 2.61. The van der Waals surface area contributed by atoms with Gasteiger partial charge in [0.15, 0.2) is 5.82 Å². The fourth-order valence-corrected chi connectivity index (χ4v) is 2.47. The van der Waals surface area contributed by atoms with Crippen molar-refractivity contribution < 1.29 is 4.74 Å². The number of nitrogen functional groups attached to an aromatic ring is 1. The maximum atomic E-state index is 5.89. The zero-order valence-corrected chi connectivity index (χ0v) is 12.0. The fraction of sp³-hybridized carbons (Fsp3) is 0.375.